The smallest absolute Gasteiger partial charge is 0.146 e. The van der Waals surface area contributed by atoms with E-state index in [0.29, 0.717) is 24.4 Å². The zero-order chi connectivity index (χ0) is 13.8. The standard InChI is InChI=1S/C15H20FNO2/c1-11(18)13-3-4-15(14(16)9-13)17-7-5-12(6-8-17)10-19-2/h3-5,9,11,18H,6-8,10H2,1-2H3/t11-/m1/s1. The van der Waals surface area contributed by atoms with Crippen molar-refractivity contribution < 1.29 is 14.2 Å². The Bertz CT molecular complexity index is 471. The lowest BCUT2D eigenvalue weighted by molar-refractivity contribution is 0.199. The van der Waals surface area contributed by atoms with Gasteiger partial charge in [-0.25, -0.2) is 4.39 Å². The molecule has 1 aliphatic rings. The molecule has 1 heterocycles. The van der Waals surface area contributed by atoms with Gasteiger partial charge in [0.05, 0.1) is 18.4 Å². The predicted molar refractivity (Wildman–Crippen MR) is 73.8 cm³/mol. The Balaban J connectivity index is 2.11. The highest BCUT2D eigenvalue weighted by Gasteiger charge is 2.16. The molecule has 0 saturated carbocycles. The summed E-state index contributed by atoms with van der Waals surface area (Å²) in [5, 5.41) is 9.44. The number of benzene rings is 1. The molecule has 1 aromatic rings. The molecular formula is C15H20FNO2. The van der Waals surface area contributed by atoms with Crippen molar-refractivity contribution >= 4 is 5.69 Å². The molecule has 3 nitrogen and oxygen atoms in total. The predicted octanol–water partition coefficient (Wildman–Crippen LogP) is 2.66. The Hall–Kier alpha value is -1.39. The number of hydrogen-bond acceptors (Lipinski definition) is 3. The van der Waals surface area contributed by atoms with Gasteiger partial charge in [-0.1, -0.05) is 12.1 Å². The summed E-state index contributed by atoms with van der Waals surface area (Å²) >= 11 is 0. The molecule has 0 saturated heterocycles. The molecule has 1 atom stereocenters. The number of ether oxygens (including phenoxy) is 1. The number of anilines is 1. The largest absolute Gasteiger partial charge is 0.389 e. The number of methoxy groups -OCH3 is 1. The molecule has 0 radical (unpaired) electrons. The van der Waals surface area contributed by atoms with Gasteiger partial charge in [-0.3, -0.25) is 0 Å². The number of rotatable bonds is 4. The van der Waals surface area contributed by atoms with E-state index in [1.165, 1.54) is 11.6 Å². The summed E-state index contributed by atoms with van der Waals surface area (Å²) in [5.41, 5.74) is 2.46. The Morgan fingerprint density at radius 1 is 1.47 bits per heavy atom. The Labute approximate surface area is 113 Å². The fourth-order valence-corrected chi connectivity index (χ4v) is 2.29. The molecule has 0 bridgehead atoms. The summed E-state index contributed by atoms with van der Waals surface area (Å²) in [7, 11) is 1.68. The number of hydrogen-bond donors (Lipinski definition) is 1. The highest BCUT2D eigenvalue weighted by molar-refractivity contribution is 5.51. The molecule has 0 unspecified atom stereocenters. The molecule has 104 valence electrons. The van der Waals surface area contributed by atoms with Crippen LogP contribution in [0.15, 0.2) is 29.8 Å². The van der Waals surface area contributed by atoms with Crippen molar-refractivity contribution in [3.05, 3.63) is 41.2 Å². The minimum absolute atomic E-state index is 0.276. The average molecular weight is 265 g/mol. The molecule has 2 rings (SSSR count). The van der Waals surface area contributed by atoms with Crippen molar-refractivity contribution in [3.63, 3.8) is 0 Å². The molecule has 0 fully saturated rings. The first-order valence-electron chi connectivity index (χ1n) is 6.51. The first kappa shape index (κ1) is 14.0. The van der Waals surface area contributed by atoms with Crippen molar-refractivity contribution in [2.45, 2.75) is 19.4 Å². The van der Waals surface area contributed by atoms with E-state index >= 15 is 0 Å². The summed E-state index contributed by atoms with van der Waals surface area (Å²) in [6.45, 7) is 3.77. The van der Waals surface area contributed by atoms with E-state index in [1.54, 1.807) is 26.2 Å². The van der Waals surface area contributed by atoms with Gasteiger partial charge < -0.3 is 14.7 Å². The second kappa shape index (κ2) is 6.17. The first-order valence-corrected chi connectivity index (χ1v) is 6.51. The van der Waals surface area contributed by atoms with Crippen LogP contribution in [0.4, 0.5) is 10.1 Å². The molecule has 1 aliphatic heterocycles. The van der Waals surface area contributed by atoms with Gasteiger partial charge in [0.1, 0.15) is 5.82 Å². The van der Waals surface area contributed by atoms with Crippen molar-refractivity contribution in [2.75, 3.05) is 31.7 Å². The summed E-state index contributed by atoms with van der Waals surface area (Å²) in [5.74, 6) is -0.276. The SMILES string of the molecule is COCC1=CCN(c2ccc([C@@H](C)O)cc2F)CC1. The Morgan fingerprint density at radius 2 is 2.26 bits per heavy atom. The monoisotopic (exact) mass is 265 g/mol. The second-order valence-corrected chi connectivity index (χ2v) is 4.88. The molecular weight excluding hydrogens is 245 g/mol. The summed E-state index contributed by atoms with van der Waals surface area (Å²) in [6.07, 6.45) is 2.35. The Kier molecular flexibility index (Phi) is 4.56. The highest BCUT2D eigenvalue weighted by atomic mass is 19.1. The summed E-state index contributed by atoms with van der Waals surface area (Å²) < 4.78 is 19.1. The van der Waals surface area contributed by atoms with E-state index in [4.69, 9.17) is 4.74 Å². The quantitative estimate of drug-likeness (QED) is 0.850. The molecule has 4 heteroatoms. The van der Waals surface area contributed by atoms with Crippen LogP contribution < -0.4 is 4.90 Å². The number of aliphatic hydroxyl groups is 1. The van der Waals surface area contributed by atoms with Crippen LogP contribution in [-0.4, -0.2) is 31.9 Å². The summed E-state index contributed by atoms with van der Waals surface area (Å²) in [6, 6.07) is 4.93. The lowest BCUT2D eigenvalue weighted by Crippen LogP contribution is -2.30. The fourth-order valence-electron chi connectivity index (χ4n) is 2.29. The zero-order valence-electron chi connectivity index (χ0n) is 11.4. The van der Waals surface area contributed by atoms with Gasteiger partial charge >= 0.3 is 0 Å². The molecule has 0 spiro atoms. The lowest BCUT2D eigenvalue weighted by atomic mass is 10.1. The maximum atomic E-state index is 14.0. The van der Waals surface area contributed by atoms with Gasteiger partial charge in [0.15, 0.2) is 0 Å². The third kappa shape index (κ3) is 3.33. The van der Waals surface area contributed by atoms with Crippen LogP contribution in [0.3, 0.4) is 0 Å². The van der Waals surface area contributed by atoms with Crippen LogP contribution in [0, 0.1) is 5.82 Å². The highest BCUT2D eigenvalue weighted by Crippen LogP contribution is 2.25. The zero-order valence-corrected chi connectivity index (χ0v) is 11.4. The molecule has 0 amide bonds. The van der Waals surface area contributed by atoms with E-state index in [2.05, 4.69) is 6.08 Å². The van der Waals surface area contributed by atoms with Gasteiger partial charge in [-0.2, -0.15) is 0 Å². The lowest BCUT2D eigenvalue weighted by Gasteiger charge is -2.29. The van der Waals surface area contributed by atoms with Crippen molar-refractivity contribution in [2.24, 2.45) is 0 Å². The molecule has 1 aromatic carbocycles. The van der Waals surface area contributed by atoms with Crippen molar-refractivity contribution in [3.8, 4) is 0 Å². The third-order valence-corrected chi connectivity index (χ3v) is 3.43. The van der Waals surface area contributed by atoms with Crippen LogP contribution in [-0.2, 0) is 4.74 Å². The fraction of sp³-hybridized carbons (Fsp3) is 0.467. The van der Waals surface area contributed by atoms with Crippen LogP contribution in [0.25, 0.3) is 0 Å². The van der Waals surface area contributed by atoms with E-state index in [-0.39, 0.29) is 5.82 Å². The minimum atomic E-state index is -0.641. The second-order valence-electron chi connectivity index (χ2n) is 4.88. The van der Waals surface area contributed by atoms with Crippen molar-refractivity contribution in [1.29, 1.82) is 0 Å². The summed E-state index contributed by atoms with van der Waals surface area (Å²) in [4.78, 5) is 2.00. The van der Waals surface area contributed by atoms with Gasteiger partial charge in [0, 0.05) is 20.2 Å². The molecule has 0 aliphatic carbocycles. The van der Waals surface area contributed by atoms with Gasteiger partial charge in [0.25, 0.3) is 0 Å². The number of aliphatic hydroxyl groups excluding tert-OH is 1. The van der Waals surface area contributed by atoms with E-state index < -0.39 is 6.10 Å². The van der Waals surface area contributed by atoms with E-state index in [1.807, 2.05) is 4.90 Å². The molecule has 0 aromatic heterocycles. The van der Waals surface area contributed by atoms with Gasteiger partial charge in [0.2, 0.25) is 0 Å². The maximum absolute atomic E-state index is 14.0. The molecule has 19 heavy (non-hydrogen) atoms. The Morgan fingerprint density at radius 3 is 2.79 bits per heavy atom. The number of nitrogens with zero attached hydrogens (tertiary/aromatic N) is 1. The van der Waals surface area contributed by atoms with Gasteiger partial charge in [-0.05, 0) is 36.6 Å². The van der Waals surface area contributed by atoms with Crippen LogP contribution in [0.1, 0.15) is 25.0 Å². The third-order valence-electron chi connectivity index (χ3n) is 3.43. The maximum Gasteiger partial charge on any atom is 0.146 e. The van der Waals surface area contributed by atoms with Crippen molar-refractivity contribution in [1.82, 2.24) is 0 Å². The van der Waals surface area contributed by atoms with Crippen LogP contribution in [0.5, 0.6) is 0 Å². The topological polar surface area (TPSA) is 32.7 Å². The van der Waals surface area contributed by atoms with E-state index in [0.717, 1.165) is 13.0 Å². The van der Waals surface area contributed by atoms with E-state index in [9.17, 15) is 9.50 Å². The number of halogens is 1. The normalized spacial score (nSPS) is 17.3. The van der Waals surface area contributed by atoms with Crippen LogP contribution in [0.2, 0.25) is 0 Å². The van der Waals surface area contributed by atoms with Crippen LogP contribution >= 0.6 is 0 Å². The minimum Gasteiger partial charge on any atom is -0.389 e. The average Bonchev–Trinajstić information content (AvgIpc) is 2.40. The first-order chi connectivity index (χ1) is 9.11. The molecule has 1 N–H and O–H groups in total. The van der Waals surface area contributed by atoms with Gasteiger partial charge in [-0.15, -0.1) is 0 Å².